The number of hydrogen-bond acceptors (Lipinski definition) is 9. The van der Waals surface area contributed by atoms with Crippen LogP contribution in [0.15, 0.2) is 0 Å². The molecule has 0 aromatic carbocycles. The van der Waals surface area contributed by atoms with Crippen molar-refractivity contribution in [3.05, 3.63) is 0 Å². The number of hydrogen-bond donors (Lipinski definition) is 3. The number of carboxylic acids is 2. The molecule has 2 rings (SSSR count). The summed E-state index contributed by atoms with van der Waals surface area (Å²) in [6, 6.07) is -2.02. The number of carbonyl (C=O) groups is 2. The van der Waals surface area contributed by atoms with Gasteiger partial charge in [0.25, 0.3) is 0 Å². The Morgan fingerprint density at radius 2 is 2.19 bits per heavy atom. The fourth-order valence-electron chi connectivity index (χ4n) is 2.97. The van der Waals surface area contributed by atoms with Gasteiger partial charge in [-0.2, -0.15) is 0 Å². The van der Waals surface area contributed by atoms with Gasteiger partial charge < -0.3 is 45.4 Å². The minimum absolute atomic E-state index is 0.0334. The van der Waals surface area contributed by atoms with Crippen LogP contribution in [0.25, 0.3) is 0 Å². The van der Waals surface area contributed by atoms with Crippen LogP contribution in [0.1, 0.15) is 12.8 Å². The van der Waals surface area contributed by atoms with E-state index in [1.807, 2.05) is 0 Å². The third-order valence-corrected chi connectivity index (χ3v) is 4.07. The van der Waals surface area contributed by atoms with Gasteiger partial charge in [-0.3, -0.25) is 0 Å². The van der Waals surface area contributed by atoms with Crippen LogP contribution in [0, 0.1) is 0 Å². The van der Waals surface area contributed by atoms with Crippen molar-refractivity contribution in [2.24, 2.45) is 5.73 Å². The minimum atomic E-state index is -1.87. The molecule has 0 unspecified atom stereocenters. The molecule has 4 N–H and O–H groups in total. The van der Waals surface area contributed by atoms with Crippen molar-refractivity contribution in [2.75, 3.05) is 13.7 Å². The van der Waals surface area contributed by atoms with Gasteiger partial charge in [0.2, 0.25) is 0 Å². The molecule has 0 amide bonds. The van der Waals surface area contributed by atoms with Crippen molar-refractivity contribution in [3.63, 3.8) is 0 Å². The third-order valence-electron chi connectivity index (χ3n) is 4.07. The molecule has 2 saturated heterocycles. The van der Waals surface area contributed by atoms with Gasteiger partial charge in [-0.25, -0.2) is 0 Å². The van der Waals surface area contributed by atoms with E-state index in [4.69, 9.17) is 15.2 Å². The van der Waals surface area contributed by atoms with Crippen molar-refractivity contribution in [3.8, 4) is 0 Å². The van der Waals surface area contributed by atoms with Gasteiger partial charge >= 0.3 is 0 Å². The number of nitrogens with one attached hydrogen (secondary N) is 1. The summed E-state index contributed by atoms with van der Waals surface area (Å²) in [6.07, 6.45) is -2.75. The van der Waals surface area contributed by atoms with Gasteiger partial charge in [-0.05, 0) is 7.05 Å². The summed E-state index contributed by atoms with van der Waals surface area (Å²) in [5.74, 6) is -3.12. The number of carbonyl (C=O) groups excluding carboxylic acids is 2. The smallest absolute Gasteiger partial charge is 0.112 e. The molecule has 0 spiro atoms. The summed E-state index contributed by atoms with van der Waals surface area (Å²) in [5.41, 5.74) is 3.50. The van der Waals surface area contributed by atoms with Gasteiger partial charge in [0.1, 0.15) is 11.7 Å². The van der Waals surface area contributed by atoms with Crippen LogP contribution in [0.4, 0.5) is 0 Å². The van der Waals surface area contributed by atoms with Crippen LogP contribution < -0.4 is 21.3 Å². The Kier molecular flexibility index (Phi) is 4.49. The zero-order chi connectivity index (χ0) is 15.8. The van der Waals surface area contributed by atoms with Crippen molar-refractivity contribution >= 4 is 11.9 Å². The number of carboxylic acid groups (broad SMARTS) is 2. The largest absolute Gasteiger partial charge is 0.548 e. The molecular formula is C12H18N2O7-2. The molecule has 6 atom stereocenters. The molecule has 9 heteroatoms. The average molecular weight is 302 g/mol. The third kappa shape index (κ3) is 2.87. The maximum atomic E-state index is 11.5. The van der Waals surface area contributed by atoms with E-state index in [0.29, 0.717) is 0 Å². The summed E-state index contributed by atoms with van der Waals surface area (Å²) in [5, 5.41) is 34.9. The summed E-state index contributed by atoms with van der Waals surface area (Å²) >= 11 is 0. The first-order chi connectivity index (χ1) is 9.80. The lowest BCUT2D eigenvalue weighted by Crippen LogP contribution is -2.58. The highest BCUT2D eigenvalue weighted by molar-refractivity contribution is 5.78. The van der Waals surface area contributed by atoms with Gasteiger partial charge in [-0.15, -0.1) is 0 Å². The lowest BCUT2D eigenvalue weighted by Gasteiger charge is -2.37. The molecule has 120 valence electrons. The van der Waals surface area contributed by atoms with E-state index in [1.165, 1.54) is 0 Å². The fraction of sp³-hybridized carbons (Fsp3) is 0.833. The summed E-state index contributed by atoms with van der Waals surface area (Å²) in [4.78, 5) is 22.2. The Labute approximate surface area is 121 Å². The first kappa shape index (κ1) is 16.1. The summed E-state index contributed by atoms with van der Waals surface area (Å²) < 4.78 is 10.9. The second-order valence-corrected chi connectivity index (χ2v) is 5.45. The van der Waals surface area contributed by atoms with E-state index in [2.05, 4.69) is 5.32 Å². The Morgan fingerprint density at radius 3 is 2.71 bits per heavy atom. The number of aliphatic hydroxyl groups excluding tert-OH is 1. The van der Waals surface area contributed by atoms with Crippen molar-refractivity contribution < 1.29 is 34.4 Å². The van der Waals surface area contributed by atoms with Gasteiger partial charge in [0.05, 0.1) is 36.8 Å². The molecule has 0 bridgehead atoms. The Morgan fingerprint density at radius 1 is 1.52 bits per heavy atom. The topological polar surface area (TPSA) is 157 Å². The zero-order valence-electron chi connectivity index (χ0n) is 11.5. The quantitative estimate of drug-likeness (QED) is 0.452. The molecule has 0 saturated carbocycles. The van der Waals surface area contributed by atoms with Crippen molar-refractivity contribution in [1.29, 1.82) is 0 Å². The SMILES string of the molecule is CN[C@@H]1[C@H]2O[C@@](C[C@H](N)C(=O)[O-])(C(=O)[O-])C[C@H]2OC[C@H]1O. The van der Waals surface area contributed by atoms with Gasteiger partial charge in [0, 0.05) is 18.9 Å². The minimum Gasteiger partial charge on any atom is -0.548 e. The lowest BCUT2D eigenvalue weighted by atomic mass is 9.89. The monoisotopic (exact) mass is 302 g/mol. The molecule has 2 heterocycles. The number of aliphatic carboxylic acids is 2. The van der Waals surface area contributed by atoms with Gasteiger partial charge in [-0.1, -0.05) is 0 Å². The standard InChI is InChI=1S/C12H20N2O7/c1-14-8-6(15)4-20-7-3-12(11(18)19,21-9(7)8)2-5(13)10(16)17/h5-9,14-15H,2-4,13H2,1H3,(H,16,17)(H,18,19)/p-2/t5-,6+,7+,8-,9-,12+/m0/s1. The van der Waals surface area contributed by atoms with Crippen LogP contribution in [0.5, 0.6) is 0 Å². The van der Waals surface area contributed by atoms with Crippen molar-refractivity contribution in [1.82, 2.24) is 5.32 Å². The summed E-state index contributed by atoms with van der Waals surface area (Å²) in [6.45, 7) is 0.0334. The predicted molar refractivity (Wildman–Crippen MR) is 63.4 cm³/mol. The number of fused-ring (bicyclic) bond motifs is 1. The molecule has 0 aliphatic carbocycles. The van der Waals surface area contributed by atoms with Crippen LogP contribution in [-0.2, 0) is 19.1 Å². The highest BCUT2D eigenvalue weighted by Crippen LogP contribution is 2.39. The second-order valence-electron chi connectivity index (χ2n) is 5.45. The highest BCUT2D eigenvalue weighted by atomic mass is 16.6. The number of rotatable bonds is 5. The normalized spacial score (nSPS) is 40.5. The fourth-order valence-corrected chi connectivity index (χ4v) is 2.97. The Balaban J connectivity index is 2.22. The number of ether oxygens (including phenoxy) is 2. The Hall–Kier alpha value is -1.26. The second kappa shape index (κ2) is 5.85. The number of nitrogens with two attached hydrogens (primary N) is 1. The van der Waals surface area contributed by atoms with E-state index in [9.17, 15) is 24.9 Å². The molecule has 2 aliphatic heterocycles. The molecule has 2 aliphatic rings. The van der Waals surface area contributed by atoms with E-state index >= 15 is 0 Å². The molecule has 2 fully saturated rings. The molecule has 0 radical (unpaired) electrons. The zero-order valence-corrected chi connectivity index (χ0v) is 11.5. The molecule has 21 heavy (non-hydrogen) atoms. The number of aliphatic hydroxyl groups is 1. The predicted octanol–water partition coefficient (Wildman–Crippen LogP) is -4.92. The van der Waals surface area contributed by atoms with Gasteiger partial charge in [0.15, 0.2) is 0 Å². The lowest BCUT2D eigenvalue weighted by molar-refractivity contribution is -0.329. The van der Waals surface area contributed by atoms with E-state index < -0.39 is 54.4 Å². The maximum Gasteiger partial charge on any atom is 0.112 e. The van der Waals surface area contributed by atoms with E-state index in [-0.39, 0.29) is 13.0 Å². The highest BCUT2D eigenvalue weighted by Gasteiger charge is 2.54. The van der Waals surface area contributed by atoms with Crippen LogP contribution in [0.3, 0.4) is 0 Å². The maximum absolute atomic E-state index is 11.5. The molecule has 0 aromatic rings. The van der Waals surface area contributed by atoms with Crippen LogP contribution in [0.2, 0.25) is 0 Å². The average Bonchev–Trinajstić information content (AvgIpc) is 2.78. The van der Waals surface area contributed by atoms with E-state index in [0.717, 1.165) is 0 Å². The van der Waals surface area contributed by atoms with Crippen LogP contribution in [-0.4, -0.2) is 66.7 Å². The van der Waals surface area contributed by atoms with Crippen molar-refractivity contribution in [2.45, 2.75) is 48.8 Å². The number of likely N-dealkylation sites (N-methyl/N-ethyl adjacent to an activating group) is 1. The molecule has 0 aromatic heterocycles. The molecular weight excluding hydrogens is 284 g/mol. The Bertz CT molecular complexity index is 432. The van der Waals surface area contributed by atoms with E-state index in [1.54, 1.807) is 7.05 Å². The summed E-state index contributed by atoms with van der Waals surface area (Å²) in [7, 11) is 1.60. The molecule has 9 nitrogen and oxygen atoms in total. The first-order valence-electron chi connectivity index (χ1n) is 6.63. The van der Waals surface area contributed by atoms with Crippen LogP contribution >= 0.6 is 0 Å². The first-order valence-corrected chi connectivity index (χ1v) is 6.63.